The summed E-state index contributed by atoms with van der Waals surface area (Å²) < 4.78 is 2.84. The third-order valence-electron chi connectivity index (χ3n) is 2.13. The number of halogens is 1. The first-order chi connectivity index (χ1) is 6.24. The second kappa shape index (κ2) is 3.12. The fraction of sp³-hybridized carbons (Fsp3) is 0.222. The fourth-order valence-corrected chi connectivity index (χ4v) is 1.92. The summed E-state index contributed by atoms with van der Waals surface area (Å²) in [5, 5.41) is 5.50. The maximum absolute atomic E-state index is 5.64. The van der Waals surface area contributed by atoms with Gasteiger partial charge in [-0.1, -0.05) is 12.1 Å². The summed E-state index contributed by atoms with van der Waals surface area (Å²) in [5.74, 6) is 0. The molecule has 68 valence electrons. The first-order valence-electron chi connectivity index (χ1n) is 4.04. The molecule has 1 aromatic carbocycles. The molecule has 0 fully saturated rings. The number of aromatic nitrogens is 2. The smallest absolute Gasteiger partial charge is 0.107 e. The molecule has 13 heavy (non-hydrogen) atoms. The van der Waals surface area contributed by atoms with E-state index in [0.717, 1.165) is 21.1 Å². The van der Waals surface area contributed by atoms with E-state index in [9.17, 15) is 0 Å². The van der Waals surface area contributed by atoms with Crippen LogP contribution in [0.5, 0.6) is 0 Å². The van der Waals surface area contributed by atoms with Crippen LogP contribution in [-0.4, -0.2) is 9.78 Å². The zero-order valence-electron chi connectivity index (χ0n) is 7.29. The van der Waals surface area contributed by atoms with Crippen molar-refractivity contribution in [1.82, 2.24) is 9.78 Å². The third-order valence-corrected chi connectivity index (χ3v) is 2.77. The van der Waals surface area contributed by atoms with Crippen LogP contribution < -0.4 is 5.73 Å². The van der Waals surface area contributed by atoms with Gasteiger partial charge in [-0.05, 0) is 22.0 Å². The molecule has 0 unspecified atom stereocenters. The maximum Gasteiger partial charge on any atom is 0.107 e. The van der Waals surface area contributed by atoms with Crippen LogP contribution in [0.4, 0.5) is 0 Å². The monoisotopic (exact) mass is 239 g/mol. The van der Waals surface area contributed by atoms with E-state index < -0.39 is 0 Å². The summed E-state index contributed by atoms with van der Waals surface area (Å²) in [6.07, 6.45) is 0. The van der Waals surface area contributed by atoms with Crippen molar-refractivity contribution in [2.24, 2.45) is 12.8 Å². The van der Waals surface area contributed by atoms with Gasteiger partial charge in [-0.3, -0.25) is 4.68 Å². The highest BCUT2D eigenvalue weighted by atomic mass is 79.9. The lowest BCUT2D eigenvalue weighted by atomic mass is 10.2. The van der Waals surface area contributed by atoms with Crippen molar-refractivity contribution in [2.45, 2.75) is 6.54 Å². The van der Waals surface area contributed by atoms with E-state index in [0.29, 0.717) is 6.54 Å². The number of hydrogen-bond acceptors (Lipinski definition) is 2. The van der Waals surface area contributed by atoms with Gasteiger partial charge in [0.15, 0.2) is 0 Å². The molecule has 0 spiro atoms. The van der Waals surface area contributed by atoms with Crippen molar-refractivity contribution in [3.63, 3.8) is 0 Å². The topological polar surface area (TPSA) is 43.8 Å². The molecule has 0 aliphatic heterocycles. The molecule has 0 bridgehead atoms. The number of aryl methyl sites for hydroxylation is 1. The molecule has 0 amide bonds. The van der Waals surface area contributed by atoms with Crippen LogP contribution in [-0.2, 0) is 13.6 Å². The summed E-state index contributed by atoms with van der Waals surface area (Å²) in [5.41, 5.74) is 7.68. The highest BCUT2D eigenvalue weighted by Gasteiger charge is 2.08. The van der Waals surface area contributed by atoms with Crippen LogP contribution in [0, 0.1) is 0 Å². The van der Waals surface area contributed by atoms with E-state index >= 15 is 0 Å². The molecule has 2 aromatic rings. The third kappa shape index (κ3) is 1.26. The Morgan fingerprint density at radius 1 is 1.54 bits per heavy atom. The van der Waals surface area contributed by atoms with E-state index in [2.05, 4.69) is 21.0 Å². The molecular weight excluding hydrogens is 230 g/mol. The Bertz CT molecular complexity index is 447. The molecule has 0 aliphatic rings. The molecule has 0 atom stereocenters. The molecule has 3 nitrogen and oxygen atoms in total. The minimum atomic E-state index is 0.517. The van der Waals surface area contributed by atoms with E-state index in [4.69, 9.17) is 5.73 Å². The molecule has 4 heteroatoms. The minimum absolute atomic E-state index is 0.517. The second-order valence-corrected chi connectivity index (χ2v) is 3.76. The lowest BCUT2D eigenvalue weighted by Gasteiger charge is -1.96. The van der Waals surface area contributed by atoms with Crippen LogP contribution in [0.1, 0.15) is 5.69 Å². The van der Waals surface area contributed by atoms with Crippen LogP contribution in [0.25, 0.3) is 10.9 Å². The molecule has 1 aromatic heterocycles. The molecular formula is C9H10BrN3. The Morgan fingerprint density at radius 2 is 2.31 bits per heavy atom. The average Bonchev–Trinajstić information content (AvgIpc) is 2.43. The van der Waals surface area contributed by atoms with E-state index in [1.54, 1.807) is 0 Å². The van der Waals surface area contributed by atoms with Gasteiger partial charge in [-0.25, -0.2) is 0 Å². The van der Waals surface area contributed by atoms with Crippen molar-refractivity contribution >= 4 is 26.8 Å². The summed E-state index contributed by atoms with van der Waals surface area (Å²) in [6.45, 7) is 0.517. The first kappa shape index (κ1) is 8.72. The molecule has 0 aliphatic carbocycles. The standard InChI is InChI=1S/C9H10BrN3/c1-13-8(5-11)6-3-2-4-7(10)9(6)12-13/h2-4H,5,11H2,1H3. The molecule has 0 saturated carbocycles. The molecule has 0 saturated heterocycles. The van der Waals surface area contributed by atoms with Gasteiger partial charge < -0.3 is 5.73 Å². The zero-order chi connectivity index (χ0) is 9.42. The summed E-state index contributed by atoms with van der Waals surface area (Å²) in [6, 6.07) is 6.01. The largest absolute Gasteiger partial charge is 0.325 e. The van der Waals surface area contributed by atoms with Gasteiger partial charge in [-0.15, -0.1) is 0 Å². The normalized spacial score (nSPS) is 11.0. The lowest BCUT2D eigenvalue weighted by Crippen LogP contribution is -2.04. The van der Waals surface area contributed by atoms with Crippen LogP contribution in [0.15, 0.2) is 22.7 Å². The van der Waals surface area contributed by atoms with Crippen LogP contribution in [0.3, 0.4) is 0 Å². The quantitative estimate of drug-likeness (QED) is 0.825. The van der Waals surface area contributed by atoms with Gasteiger partial charge in [0, 0.05) is 23.5 Å². The Labute approximate surface area is 84.7 Å². The highest BCUT2D eigenvalue weighted by molar-refractivity contribution is 9.10. The average molecular weight is 240 g/mol. The molecule has 2 N–H and O–H groups in total. The number of nitrogens with two attached hydrogens (primary N) is 1. The zero-order valence-corrected chi connectivity index (χ0v) is 8.87. The first-order valence-corrected chi connectivity index (χ1v) is 4.83. The van der Waals surface area contributed by atoms with Crippen molar-refractivity contribution in [1.29, 1.82) is 0 Å². The number of rotatable bonds is 1. The maximum atomic E-state index is 5.64. The number of benzene rings is 1. The van der Waals surface area contributed by atoms with E-state index in [-0.39, 0.29) is 0 Å². The number of hydrogen-bond donors (Lipinski definition) is 1. The Balaban J connectivity index is 2.86. The number of fused-ring (bicyclic) bond motifs is 1. The van der Waals surface area contributed by atoms with Gasteiger partial charge in [0.1, 0.15) is 5.52 Å². The van der Waals surface area contributed by atoms with Crippen molar-refractivity contribution in [3.8, 4) is 0 Å². The van der Waals surface area contributed by atoms with Crippen LogP contribution >= 0.6 is 15.9 Å². The Hall–Kier alpha value is -0.870. The second-order valence-electron chi connectivity index (χ2n) is 2.91. The van der Waals surface area contributed by atoms with Gasteiger partial charge in [-0.2, -0.15) is 5.10 Å². The molecule has 2 rings (SSSR count). The lowest BCUT2D eigenvalue weighted by molar-refractivity contribution is 0.721. The van der Waals surface area contributed by atoms with Crippen molar-refractivity contribution < 1.29 is 0 Å². The molecule has 0 radical (unpaired) electrons. The van der Waals surface area contributed by atoms with Crippen molar-refractivity contribution in [2.75, 3.05) is 0 Å². The van der Waals surface area contributed by atoms with Gasteiger partial charge in [0.25, 0.3) is 0 Å². The Morgan fingerprint density at radius 3 is 3.00 bits per heavy atom. The van der Waals surface area contributed by atoms with Gasteiger partial charge >= 0.3 is 0 Å². The predicted molar refractivity (Wildman–Crippen MR) is 56.3 cm³/mol. The van der Waals surface area contributed by atoms with E-state index in [1.165, 1.54) is 0 Å². The summed E-state index contributed by atoms with van der Waals surface area (Å²) in [7, 11) is 1.91. The van der Waals surface area contributed by atoms with Gasteiger partial charge in [0.05, 0.1) is 5.69 Å². The van der Waals surface area contributed by atoms with E-state index in [1.807, 2.05) is 29.9 Å². The Kier molecular flexibility index (Phi) is 2.09. The number of nitrogens with zero attached hydrogens (tertiary/aromatic N) is 2. The molecule has 1 heterocycles. The minimum Gasteiger partial charge on any atom is -0.325 e. The SMILES string of the molecule is Cn1nc2c(Br)cccc2c1CN. The summed E-state index contributed by atoms with van der Waals surface area (Å²) >= 11 is 3.46. The van der Waals surface area contributed by atoms with Gasteiger partial charge in [0.2, 0.25) is 0 Å². The predicted octanol–water partition coefficient (Wildman–Crippen LogP) is 1.79. The highest BCUT2D eigenvalue weighted by Crippen LogP contribution is 2.24. The van der Waals surface area contributed by atoms with Crippen LogP contribution in [0.2, 0.25) is 0 Å². The summed E-state index contributed by atoms with van der Waals surface area (Å²) in [4.78, 5) is 0. The van der Waals surface area contributed by atoms with Crippen molar-refractivity contribution in [3.05, 3.63) is 28.4 Å². The fourth-order valence-electron chi connectivity index (χ4n) is 1.48.